The van der Waals surface area contributed by atoms with Crippen LogP contribution in [0.5, 0.6) is 0 Å². The molecule has 4 heteroatoms. The summed E-state index contributed by atoms with van der Waals surface area (Å²) in [6, 6.07) is 0. The third-order valence-electron chi connectivity index (χ3n) is 4.21. The van der Waals surface area contributed by atoms with E-state index in [-0.39, 0.29) is 0 Å². The Kier molecular flexibility index (Phi) is 4.76. The van der Waals surface area contributed by atoms with Crippen LogP contribution in [-0.4, -0.2) is 18.1 Å². The molecule has 18 heavy (non-hydrogen) atoms. The summed E-state index contributed by atoms with van der Waals surface area (Å²) in [5.41, 5.74) is 6.35. The van der Waals surface area contributed by atoms with Gasteiger partial charge in [0.15, 0.2) is 0 Å². The van der Waals surface area contributed by atoms with Crippen LogP contribution in [0.25, 0.3) is 0 Å². The van der Waals surface area contributed by atoms with E-state index in [0.29, 0.717) is 5.41 Å². The lowest BCUT2D eigenvalue weighted by Gasteiger charge is -2.38. The molecule has 0 aromatic carbocycles. The topological polar surface area (TPSA) is 50.9 Å². The molecule has 0 spiro atoms. The average Bonchev–Trinajstić information content (AvgIpc) is 2.78. The number of nitrogens with two attached hydrogens (primary N) is 1. The Morgan fingerprint density at radius 2 is 2.22 bits per heavy atom. The zero-order chi connectivity index (χ0) is 13.0. The minimum absolute atomic E-state index is 0.332. The van der Waals surface area contributed by atoms with E-state index < -0.39 is 0 Å². The van der Waals surface area contributed by atoms with Crippen molar-refractivity contribution in [3.05, 3.63) is 16.1 Å². The van der Waals surface area contributed by atoms with E-state index in [9.17, 15) is 0 Å². The van der Waals surface area contributed by atoms with Gasteiger partial charge in [0, 0.05) is 24.2 Å². The van der Waals surface area contributed by atoms with Crippen molar-refractivity contribution in [3.8, 4) is 0 Å². The molecule has 0 radical (unpaired) electrons. The van der Waals surface area contributed by atoms with Gasteiger partial charge in [0.1, 0.15) is 5.01 Å². The van der Waals surface area contributed by atoms with Crippen molar-refractivity contribution in [1.82, 2.24) is 10.3 Å². The van der Waals surface area contributed by atoms with Gasteiger partial charge in [-0.05, 0) is 37.6 Å². The van der Waals surface area contributed by atoms with E-state index in [4.69, 9.17) is 5.73 Å². The second-order valence-corrected chi connectivity index (χ2v) is 7.17. The molecule has 1 aliphatic carbocycles. The average molecular weight is 267 g/mol. The smallest absolute Gasteiger partial charge is 0.107 e. The summed E-state index contributed by atoms with van der Waals surface area (Å²) in [4.78, 5) is 5.67. The fourth-order valence-corrected chi connectivity index (χ4v) is 3.50. The van der Waals surface area contributed by atoms with Gasteiger partial charge in [-0.25, -0.2) is 4.98 Å². The van der Waals surface area contributed by atoms with Crippen molar-refractivity contribution in [2.75, 3.05) is 13.1 Å². The zero-order valence-corrected chi connectivity index (χ0v) is 12.4. The van der Waals surface area contributed by atoms with E-state index >= 15 is 0 Å². The predicted octanol–water partition coefficient (Wildman–Crippen LogP) is 2.70. The fourth-order valence-electron chi connectivity index (χ4n) is 2.75. The predicted molar refractivity (Wildman–Crippen MR) is 77.7 cm³/mol. The van der Waals surface area contributed by atoms with Crippen LogP contribution >= 0.6 is 11.3 Å². The summed E-state index contributed by atoms with van der Waals surface area (Å²) in [6.07, 6.45) is 7.15. The molecule has 0 amide bonds. The Morgan fingerprint density at radius 1 is 1.50 bits per heavy atom. The van der Waals surface area contributed by atoms with Crippen molar-refractivity contribution < 1.29 is 0 Å². The quantitative estimate of drug-likeness (QED) is 0.862. The first-order valence-electron chi connectivity index (χ1n) is 6.96. The highest BCUT2D eigenvalue weighted by atomic mass is 32.1. The van der Waals surface area contributed by atoms with Crippen molar-refractivity contribution >= 4 is 11.3 Å². The number of rotatable bonds is 5. The molecule has 3 N–H and O–H groups in total. The molecule has 3 nitrogen and oxygen atoms in total. The zero-order valence-electron chi connectivity index (χ0n) is 11.5. The molecule has 1 aromatic rings. The van der Waals surface area contributed by atoms with Crippen molar-refractivity contribution in [1.29, 1.82) is 0 Å². The van der Waals surface area contributed by atoms with Gasteiger partial charge in [-0.1, -0.05) is 19.8 Å². The minimum atomic E-state index is 0.332. The van der Waals surface area contributed by atoms with Gasteiger partial charge in [-0.15, -0.1) is 11.3 Å². The molecule has 0 unspecified atom stereocenters. The number of hydrogen-bond acceptors (Lipinski definition) is 4. The Labute approximate surface area is 114 Å². The molecule has 1 aliphatic rings. The Morgan fingerprint density at radius 3 is 2.78 bits per heavy atom. The molecule has 102 valence electrons. The van der Waals surface area contributed by atoms with Crippen LogP contribution in [0.15, 0.2) is 6.20 Å². The summed E-state index contributed by atoms with van der Waals surface area (Å²) >= 11 is 1.78. The number of aromatic nitrogens is 1. The van der Waals surface area contributed by atoms with Crippen molar-refractivity contribution in [2.24, 2.45) is 17.1 Å². The fraction of sp³-hybridized carbons (Fsp3) is 0.786. The van der Waals surface area contributed by atoms with Crippen LogP contribution in [0.4, 0.5) is 0 Å². The van der Waals surface area contributed by atoms with Crippen LogP contribution in [0.2, 0.25) is 0 Å². The molecule has 0 bridgehead atoms. The van der Waals surface area contributed by atoms with E-state index in [1.807, 2.05) is 6.20 Å². The lowest BCUT2D eigenvalue weighted by Crippen LogP contribution is -2.42. The maximum atomic E-state index is 6.01. The summed E-state index contributed by atoms with van der Waals surface area (Å²) in [5.74, 6) is 0.881. The van der Waals surface area contributed by atoms with Gasteiger partial charge in [0.05, 0.1) is 0 Å². The molecule has 1 saturated carbocycles. The number of nitrogens with zero attached hydrogens (tertiary/aromatic N) is 1. The molecule has 2 rings (SSSR count). The molecule has 1 aromatic heterocycles. The first kappa shape index (κ1) is 14.0. The summed E-state index contributed by atoms with van der Waals surface area (Å²) in [6.45, 7) is 7.19. The lowest BCUT2D eigenvalue weighted by molar-refractivity contribution is 0.159. The van der Waals surface area contributed by atoms with Gasteiger partial charge in [0.25, 0.3) is 0 Å². The Bertz CT molecular complexity index is 367. The third kappa shape index (κ3) is 3.53. The maximum Gasteiger partial charge on any atom is 0.107 e. The Balaban J connectivity index is 1.80. The van der Waals surface area contributed by atoms with Crippen molar-refractivity contribution in [3.63, 3.8) is 0 Å². The lowest BCUT2D eigenvalue weighted by atomic mass is 9.71. The van der Waals surface area contributed by atoms with Gasteiger partial charge in [0.2, 0.25) is 0 Å². The van der Waals surface area contributed by atoms with E-state index in [1.165, 1.54) is 35.6 Å². The normalized spacial score (nSPS) is 28.5. The number of hydrogen-bond donors (Lipinski definition) is 2. The first-order chi connectivity index (χ1) is 8.63. The first-order valence-corrected chi connectivity index (χ1v) is 7.77. The maximum absolute atomic E-state index is 6.01. The molecular formula is C14H25N3S. The summed E-state index contributed by atoms with van der Waals surface area (Å²) < 4.78 is 0. The van der Waals surface area contributed by atoms with Crippen LogP contribution in [0, 0.1) is 18.3 Å². The van der Waals surface area contributed by atoms with E-state index in [0.717, 1.165) is 25.6 Å². The molecule has 0 saturated heterocycles. The van der Waals surface area contributed by atoms with E-state index in [2.05, 4.69) is 24.1 Å². The second kappa shape index (κ2) is 6.13. The summed E-state index contributed by atoms with van der Waals surface area (Å²) in [7, 11) is 0. The van der Waals surface area contributed by atoms with Gasteiger partial charge in [-0.2, -0.15) is 0 Å². The summed E-state index contributed by atoms with van der Waals surface area (Å²) in [5, 5.41) is 4.74. The number of nitrogens with one attached hydrogen (secondary N) is 1. The molecule has 0 aliphatic heterocycles. The second-order valence-electron chi connectivity index (χ2n) is 5.85. The Hall–Kier alpha value is -0.450. The van der Waals surface area contributed by atoms with Gasteiger partial charge in [-0.3, -0.25) is 0 Å². The van der Waals surface area contributed by atoms with Crippen LogP contribution in [0.3, 0.4) is 0 Å². The molecule has 0 atom stereocenters. The largest absolute Gasteiger partial charge is 0.330 e. The minimum Gasteiger partial charge on any atom is -0.330 e. The van der Waals surface area contributed by atoms with Gasteiger partial charge < -0.3 is 11.1 Å². The van der Waals surface area contributed by atoms with Crippen molar-refractivity contribution in [2.45, 2.75) is 46.1 Å². The number of aryl methyl sites for hydroxylation is 1. The van der Waals surface area contributed by atoms with Crippen LogP contribution in [-0.2, 0) is 6.54 Å². The monoisotopic (exact) mass is 267 g/mol. The van der Waals surface area contributed by atoms with E-state index in [1.54, 1.807) is 11.3 Å². The molecule has 1 heterocycles. The van der Waals surface area contributed by atoms with Crippen LogP contribution in [0.1, 0.15) is 42.5 Å². The molecular weight excluding hydrogens is 242 g/mol. The standard InChI is InChI=1S/C14H25N3S/c1-11-3-5-14(9-15,6-4-11)10-16-8-13-17-7-12(2)18-13/h7,11,16H,3-6,8-10,15H2,1-2H3. The third-order valence-corrected chi connectivity index (χ3v) is 5.13. The van der Waals surface area contributed by atoms with Crippen LogP contribution < -0.4 is 11.1 Å². The highest BCUT2D eigenvalue weighted by molar-refractivity contribution is 7.11. The number of thiazole rings is 1. The highest BCUT2D eigenvalue weighted by Crippen LogP contribution is 2.37. The van der Waals surface area contributed by atoms with Gasteiger partial charge >= 0.3 is 0 Å². The highest BCUT2D eigenvalue weighted by Gasteiger charge is 2.32. The SMILES string of the molecule is Cc1cnc(CNCC2(CN)CCC(C)CC2)s1. The molecule has 1 fully saturated rings.